The molecule has 0 aromatic heterocycles. The summed E-state index contributed by atoms with van der Waals surface area (Å²) >= 11 is 0. The van der Waals surface area contributed by atoms with Gasteiger partial charge in [0, 0.05) is 5.56 Å². The number of rotatable bonds is 17. The molecule has 0 radical (unpaired) electrons. The fourth-order valence-electron chi connectivity index (χ4n) is 3.68. The molecule has 1 unspecified atom stereocenters. The van der Waals surface area contributed by atoms with Crippen LogP contribution in [0.5, 0.6) is 0 Å². The van der Waals surface area contributed by atoms with Gasteiger partial charge in [0.2, 0.25) is 0 Å². The van der Waals surface area contributed by atoms with Gasteiger partial charge in [-0.05, 0) is 24.1 Å². The molecular formula is C26H42O. The van der Waals surface area contributed by atoms with Gasteiger partial charge in [0.15, 0.2) is 0 Å². The molecule has 0 saturated carbocycles. The largest absolute Gasteiger partial charge is 0.388 e. The highest BCUT2D eigenvalue weighted by Gasteiger charge is 2.06. The van der Waals surface area contributed by atoms with E-state index < -0.39 is 0 Å². The third kappa shape index (κ3) is 12.7. The van der Waals surface area contributed by atoms with E-state index in [1.165, 1.54) is 89.9 Å². The summed E-state index contributed by atoms with van der Waals surface area (Å²) in [7, 11) is 0. The predicted molar refractivity (Wildman–Crippen MR) is 119 cm³/mol. The van der Waals surface area contributed by atoms with E-state index in [4.69, 9.17) is 6.42 Å². The van der Waals surface area contributed by atoms with Crippen molar-refractivity contribution in [3.8, 4) is 12.3 Å². The lowest BCUT2D eigenvalue weighted by atomic mass is 10.0. The van der Waals surface area contributed by atoms with Crippen molar-refractivity contribution in [3.63, 3.8) is 0 Å². The molecule has 0 fully saturated rings. The van der Waals surface area contributed by atoms with Gasteiger partial charge < -0.3 is 5.11 Å². The van der Waals surface area contributed by atoms with Crippen LogP contribution in [-0.2, 0) is 0 Å². The van der Waals surface area contributed by atoms with E-state index in [2.05, 4.69) is 12.8 Å². The van der Waals surface area contributed by atoms with Gasteiger partial charge in [0.05, 0.1) is 6.10 Å². The minimum Gasteiger partial charge on any atom is -0.388 e. The fraction of sp³-hybridized carbons (Fsp3) is 0.692. The molecule has 0 amide bonds. The molecule has 1 atom stereocenters. The monoisotopic (exact) mass is 370 g/mol. The van der Waals surface area contributed by atoms with Crippen molar-refractivity contribution in [1.82, 2.24) is 0 Å². The molecule has 27 heavy (non-hydrogen) atoms. The van der Waals surface area contributed by atoms with Crippen molar-refractivity contribution in [3.05, 3.63) is 35.4 Å². The minimum absolute atomic E-state index is 0.348. The minimum atomic E-state index is -0.348. The van der Waals surface area contributed by atoms with E-state index in [0.29, 0.717) is 0 Å². The topological polar surface area (TPSA) is 20.2 Å². The number of benzene rings is 1. The lowest BCUT2D eigenvalue weighted by Crippen LogP contribution is -1.97. The molecule has 0 aliphatic heterocycles. The van der Waals surface area contributed by atoms with Crippen LogP contribution in [0.15, 0.2) is 24.3 Å². The van der Waals surface area contributed by atoms with E-state index in [1.807, 2.05) is 24.3 Å². The Morgan fingerprint density at radius 1 is 0.704 bits per heavy atom. The average molecular weight is 371 g/mol. The van der Waals surface area contributed by atoms with E-state index in [0.717, 1.165) is 24.0 Å². The number of hydrogen-bond donors (Lipinski definition) is 1. The van der Waals surface area contributed by atoms with E-state index in [1.54, 1.807) is 0 Å². The maximum Gasteiger partial charge on any atom is 0.0790 e. The molecular weight excluding hydrogens is 328 g/mol. The Bertz CT molecular complexity index is 482. The highest BCUT2D eigenvalue weighted by molar-refractivity contribution is 5.34. The van der Waals surface area contributed by atoms with Gasteiger partial charge in [0.1, 0.15) is 0 Å². The molecule has 1 heteroatoms. The Morgan fingerprint density at radius 3 is 1.52 bits per heavy atom. The van der Waals surface area contributed by atoms with Crippen LogP contribution in [-0.4, -0.2) is 5.11 Å². The highest BCUT2D eigenvalue weighted by atomic mass is 16.3. The summed E-state index contributed by atoms with van der Waals surface area (Å²) in [6.45, 7) is 2.28. The Morgan fingerprint density at radius 2 is 1.11 bits per heavy atom. The molecule has 0 aliphatic carbocycles. The van der Waals surface area contributed by atoms with E-state index in [-0.39, 0.29) is 6.10 Å². The zero-order chi connectivity index (χ0) is 19.6. The van der Waals surface area contributed by atoms with Crippen molar-refractivity contribution in [1.29, 1.82) is 0 Å². The summed E-state index contributed by atoms with van der Waals surface area (Å²) in [4.78, 5) is 0. The molecule has 1 aromatic carbocycles. The zero-order valence-corrected chi connectivity index (χ0v) is 17.7. The maximum atomic E-state index is 10.2. The van der Waals surface area contributed by atoms with Crippen LogP contribution < -0.4 is 0 Å². The first kappa shape index (κ1) is 23.8. The second kappa shape index (κ2) is 16.9. The molecule has 0 bridgehead atoms. The first-order valence-electron chi connectivity index (χ1n) is 11.5. The Balaban J connectivity index is 1.85. The predicted octanol–water partition coefficient (Wildman–Crippen LogP) is 7.96. The zero-order valence-electron chi connectivity index (χ0n) is 17.7. The molecule has 1 N–H and O–H groups in total. The highest BCUT2D eigenvalue weighted by Crippen LogP contribution is 2.21. The summed E-state index contributed by atoms with van der Waals surface area (Å²) in [5.41, 5.74) is 1.86. The van der Waals surface area contributed by atoms with Crippen LogP contribution in [0.2, 0.25) is 0 Å². The lowest BCUT2D eigenvalue weighted by molar-refractivity contribution is 0.163. The lowest BCUT2D eigenvalue weighted by Gasteiger charge is -2.11. The number of unbranched alkanes of at least 4 members (excludes halogenated alkanes) is 14. The second-order valence-corrected chi connectivity index (χ2v) is 8.02. The summed E-state index contributed by atoms with van der Waals surface area (Å²) in [6.07, 6.45) is 26.5. The fourth-order valence-corrected chi connectivity index (χ4v) is 3.68. The van der Waals surface area contributed by atoms with Crippen molar-refractivity contribution >= 4 is 0 Å². The third-order valence-corrected chi connectivity index (χ3v) is 5.54. The standard InChI is InChI=1S/C26H42O/c1-3-5-6-7-8-9-10-11-12-13-14-15-16-17-18-19-26(27)25-22-20-24(4-2)21-23-25/h2,20-23,26-27H,3,5-19H2,1H3. The summed E-state index contributed by atoms with van der Waals surface area (Å²) < 4.78 is 0. The molecule has 0 heterocycles. The molecule has 1 nitrogen and oxygen atoms in total. The van der Waals surface area contributed by atoms with Gasteiger partial charge in [-0.1, -0.05) is 121 Å². The number of terminal acetylenes is 1. The Kier molecular flexibility index (Phi) is 14.9. The molecule has 1 aromatic rings. The molecule has 152 valence electrons. The first-order chi connectivity index (χ1) is 13.3. The maximum absolute atomic E-state index is 10.2. The average Bonchev–Trinajstić information content (AvgIpc) is 2.70. The van der Waals surface area contributed by atoms with Gasteiger partial charge in [-0.15, -0.1) is 6.42 Å². The quantitative estimate of drug-likeness (QED) is 0.218. The van der Waals surface area contributed by atoms with Crippen LogP contribution in [0, 0.1) is 12.3 Å². The smallest absolute Gasteiger partial charge is 0.0790 e. The molecule has 0 saturated heterocycles. The van der Waals surface area contributed by atoms with Gasteiger partial charge in [-0.3, -0.25) is 0 Å². The number of hydrogen-bond acceptors (Lipinski definition) is 1. The summed E-state index contributed by atoms with van der Waals surface area (Å²) in [6, 6.07) is 7.71. The van der Waals surface area contributed by atoms with Gasteiger partial charge in [0.25, 0.3) is 0 Å². The van der Waals surface area contributed by atoms with Crippen LogP contribution in [0.1, 0.15) is 127 Å². The van der Waals surface area contributed by atoms with Crippen LogP contribution >= 0.6 is 0 Å². The molecule has 0 aliphatic rings. The Labute approximate surface area is 169 Å². The summed E-state index contributed by atoms with van der Waals surface area (Å²) in [5.74, 6) is 2.61. The van der Waals surface area contributed by atoms with E-state index >= 15 is 0 Å². The first-order valence-corrected chi connectivity index (χ1v) is 11.5. The van der Waals surface area contributed by atoms with E-state index in [9.17, 15) is 5.11 Å². The van der Waals surface area contributed by atoms with Crippen molar-refractivity contribution in [2.75, 3.05) is 0 Å². The van der Waals surface area contributed by atoms with Gasteiger partial charge >= 0.3 is 0 Å². The Hall–Kier alpha value is -1.26. The summed E-state index contributed by atoms with van der Waals surface area (Å²) in [5, 5.41) is 10.2. The second-order valence-electron chi connectivity index (χ2n) is 8.02. The van der Waals surface area contributed by atoms with Crippen molar-refractivity contribution in [2.24, 2.45) is 0 Å². The molecule has 0 spiro atoms. The van der Waals surface area contributed by atoms with Crippen LogP contribution in [0.25, 0.3) is 0 Å². The van der Waals surface area contributed by atoms with Crippen LogP contribution in [0.3, 0.4) is 0 Å². The third-order valence-electron chi connectivity index (χ3n) is 5.54. The number of aliphatic hydroxyl groups excluding tert-OH is 1. The SMILES string of the molecule is C#Cc1ccc(C(O)CCCCCCCCCCCCCCCCC)cc1. The van der Waals surface area contributed by atoms with Crippen molar-refractivity contribution < 1.29 is 5.11 Å². The van der Waals surface area contributed by atoms with Gasteiger partial charge in [-0.25, -0.2) is 0 Å². The number of aliphatic hydroxyl groups is 1. The van der Waals surface area contributed by atoms with Crippen LogP contribution in [0.4, 0.5) is 0 Å². The molecule has 1 rings (SSSR count). The van der Waals surface area contributed by atoms with Gasteiger partial charge in [-0.2, -0.15) is 0 Å². The normalized spacial score (nSPS) is 12.0. The van der Waals surface area contributed by atoms with Crippen molar-refractivity contribution in [2.45, 2.75) is 116 Å².